The van der Waals surface area contributed by atoms with Crippen molar-refractivity contribution in [2.45, 2.75) is 43.2 Å². The lowest BCUT2D eigenvalue weighted by molar-refractivity contribution is 0.597. The molecule has 1 saturated carbocycles. The van der Waals surface area contributed by atoms with Gasteiger partial charge in [0.1, 0.15) is 0 Å². The van der Waals surface area contributed by atoms with Gasteiger partial charge in [-0.2, -0.15) is 0 Å². The molecule has 1 aromatic carbocycles. The lowest BCUT2D eigenvalue weighted by atomic mass is 10.1. The fourth-order valence-corrected chi connectivity index (χ4v) is 3.25. The van der Waals surface area contributed by atoms with Crippen LogP contribution in [0.1, 0.15) is 24.8 Å². The summed E-state index contributed by atoms with van der Waals surface area (Å²) in [7, 11) is -3.67. The van der Waals surface area contributed by atoms with Crippen molar-refractivity contribution in [3.63, 3.8) is 0 Å². The van der Waals surface area contributed by atoms with Crippen molar-refractivity contribution in [2.24, 2.45) is 10.9 Å². The van der Waals surface area contributed by atoms with E-state index in [-0.39, 0.29) is 10.9 Å². The Hall–Kier alpha value is -1.11. The summed E-state index contributed by atoms with van der Waals surface area (Å²) in [4.78, 5) is 0.176. The monoisotopic (exact) mass is 269 g/mol. The van der Waals surface area contributed by atoms with E-state index < -0.39 is 10.0 Å². The number of sulfonamides is 1. The van der Waals surface area contributed by atoms with Gasteiger partial charge in [-0.1, -0.05) is 6.07 Å². The maximum atomic E-state index is 11.4. The van der Waals surface area contributed by atoms with Crippen molar-refractivity contribution in [3.05, 3.63) is 23.8 Å². The van der Waals surface area contributed by atoms with Crippen LogP contribution >= 0.6 is 0 Å². The van der Waals surface area contributed by atoms with E-state index >= 15 is 0 Å². The molecule has 6 heteroatoms. The molecule has 18 heavy (non-hydrogen) atoms. The lowest BCUT2D eigenvalue weighted by Crippen LogP contribution is -2.22. The number of benzene rings is 1. The first-order valence-corrected chi connectivity index (χ1v) is 7.57. The second-order valence-corrected chi connectivity index (χ2v) is 6.42. The van der Waals surface area contributed by atoms with Gasteiger partial charge in [0.05, 0.1) is 4.90 Å². The van der Waals surface area contributed by atoms with Crippen LogP contribution in [0.3, 0.4) is 0 Å². The van der Waals surface area contributed by atoms with E-state index in [0.29, 0.717) is 11.6 Å². The van der Waals surface area contributed by atoms with Crippen LogP contribution in [0, 0.1) is 6.92 Å². The quantitative estimate of drug-likeness (QED) is 0.760. The maximum absolute atomic E-state index is 11.4. The highest BCUT2D eigenvalue weighted by Gasteiger charge is 2.22. The minimum absolute atomic E-state index is 0.176. The van der Waals surface area contributed by atoms with Crippen LogP contribution in [0.25, 0.3) is 0 Å². The van der Waals surface area contributed by atoms with Gasteiger partial charge in [0.15, 0.2) is 0 Å². The second kappa shape index (κ2) is 4.87. The van der Waals surface area contributed by atoms with Gasteiger partial charge >= 0.3 is 0 Å². The SMILES string of the molecule is Cc1c(NC2CCC(N)C2)cccc1S(N)(=O)=O. The smallest absolute Gasteiger partial charge is 0.238 e. The van der Waals surface area contributed by atoms with Crippen molar-refractivity contribution in [3.8, 4) is 0 Å². The first-order chi connectivity index (χ1) is 8.38. The summed E-state index contributed by atoms with van der Waals surface area (Å²) in [5.74, 6) is 0. The van der Waals surface area contributed by atoms with Crippen molar-refractivity contribution in [1.29, 1.82) is 0 Å². The van der Waals surface area contributed by atoms with Gasteiger partial charge in [-0.25, -0.2) is 13.6 Å². The Bertz CT molecular complexity index is 542. The van der Waals surface area contributed by atoms with Gasteiger partial charge in [-0.15, -0.1) is 0 Å². The number of anilines is 1. The lowest BCUT2D eigenvalue weighted by Gasteiger charge is -2.17. The molecule has 5 nitrogen and oxygen atoms in total. The van der Waals surface area contributed by atoms with E-state index in [9.17, 15) is 8.42 Å². The zero-order valence-electron chi connectivity index (χ0n) is 10.4. The molecule has 0 heterocycles. The molecule has 2 atom stereocenters. The molecule has 0 bridgehead atoms. The van der Waals surface area contributed by atoms with Gasteiger partial charge in [0.2, 0.25) is 10.0 Å². The van der Waals surface area contributed by atoms with Crippen LogP contribution in [0.15, 0.2) is 23.1 Å². The molecule has 1 aliphatic rings. The molecule has 1 aliphatic carbocycles. The average molecular weight is 269 g/mol. The molecule has 1 fully saturated rings. The topological polar surface area (TPSA) is 98.2 Å². The summed E-state index contributed by atoms with van der Waals surface area (Å²) in [5.41, 5.74) is 7.35. The van der Waals surface area contributed by atoms with Gasteiger partial charge in [-0.05, 0) is 43.9 Å². The first-order valence-electron chi connectivity index (χ1n) is 6.02. The number of rotatable bonds is 3. The van der Waals surface area contributed by atoms with Gasteiger partial charge < -0.3 is 11.1 Å². The van der Waals surface area contributed by atoms with Crippen LogP contribution in [0.5, 0.6) is 0 Å². The molecule has 0 aliphatic heterocycles. The molecule has 0 saturated heterocycles. The highest BCUT2D eigenvalue weighted by Crippen LogP contribution is 2.26. The minimum atomic E-state index is -3.67. The standard InChI is InChI=1S/C12H19N3O2S/c1-8-11(15-10-6-5-9(13)7-10)3-2-4-12(8)18(14,16)17/h2-4,9-10,15H,5-7,13H2,1H3,(H2,14,16,17). The van der Waals surface area contributed by atoms with Crippen LogP contribution < -0.4 is 16.2 Å². The zero-order valence-corrected chi connectivity index (χ0v) is 11.2. The normalized spacial score (nSPS) is 24.2. The van der Waals surface area contributed by atoms with Crippen molar-refractivity contribution >= 4 is 15.7 Å². The third-order valence-electron chi connectivity index (χ3n) is 3.42. The predicted octanol–water partition coefficient (Wildman–Crippen LogP) is 0.934. The highest BCUT2D eigenvalue weighted by atomic mass is 32.2. The molecular formula is C12H19N3O2S. The molecule has 0 radical (unpaired) electrons. The molecule has 0 aromatic heterocycles. The summed E-state index contributed by atoms with van der Waals surface area (Å²) in [6, 6.07) is 5.65. The van der Waals surface area contributed by atoms with Crippen LogP contribution in [0.2, 0.25) is 0 Å². The Morgan fingerprint density at radius 3 is 2.61 bits per heavy atom. The van der Waals surface area contributed by atoms with Crippen molar-refractivity contribution < 1.29 is 8.42 Å². The summed E-state index contributed by atoms with van der Waals surface area (Å²) in [6.07, 6.45) is 2.94. The van der Waals surface area contributed by atoms with E-state index in [4.69, 9.17) is 10.9 Å². The van der Waals surface area contributed by atoms with E-state index in [0.717, 1.165) is 24.9 Å². The number of nitrogens with two attached hydrogens (primary N) is 2. The third kappa shape index (κ3) is 2.82. The van der Waals surface area contributed by atoms with Crippen molar-refractivity contribution in [2.75, 3.05) is 5.32 Å². The van der Waals surface area contributed by atoms with E-state index in [1.165, 1.54) is 6.07 Å². The van der Waals surface area contributed by atoms with Gasteiger partial charge in [-0.3, -0.25) is 0 Å². The van der Waals surface area contributed by atoms with Gasteiger partial charge in [0.25, 0.3) is 0 Å². The zero-order chi connectivity index (χ0) is 13.3. The maximum Gasteiger partial charge on any atom is 0.238 e. The molecular weight excluding hydrogens is 250 g/mol. The Morgan fingerprint density at radius 1 is 1.33 bits per heavy atom. The molecule has 0 amide bonds. The Kier molecular flexibility index (Phi) is 3.61. The molecule has 2 unspecified atom stereocenters. The molecule has 0 spiro atoms. The second-order valence-electron chi connectivity index (χ2n) is 4.89. The molecule has 2 rings (SSSR count). The summed E-state index contributed by atoms with van der Waals surface area (Å²) < 4.78 is 22.9. The Balaban J connectivity index is 2.24. The first kappa shape index (κ1) is 13.3. The summed E-state index contributed by atoms with van der Waals surface area (Å²) >= 11 is 0. The number of nitrogens with one attached hydrogen (secondary N) is 1. The largest absolute Gasteiger partial charge is 0.382 e. The van der Waals surface area contributed by atoms with Crippen LogP contribution in [-0.4, -0.2) is 20.5 Å². The third-order valence-corrected chi connectivity index (χ3v) is 4.48. The number of hydrogen-bond donors (Lipinski definition) is 3. The van der Waals surface area contributed by atoms with E-state index in [1.807, 2.05) is 6.07 Å². The van der Waals surface area contributed by atoms with E-state index in [1.54, 1.807) is 13.0 Å². The Labute approximate surface area is 108 Å². The molecule has 100 valence electrons. The minimum Gasteiger partial charge on any atom is -0.382 e. The van der Waals surface area contributed by atoms with E-state index in [2.05, 4.69) is 5.32 Å². The fourth-order valence-electron chi connectivity index (χ4n) is 2.45. The molecule has 5 N–H and O–H groups in total. The predicted molar refractivity (Wildman–Crippen MR) is 71.8 cm³/mol. The van der Waals surface area contributed by atoms with Gasteiger partial charge in [0, 0.05) is 17.8 Å². The summed E-state index contributed by atoms with van der Waals surface area (Å²) in [6.45, 7) is 1.76. The number of primary sulfonamides is 1. The Morgan fingerprint density at radius 2 is 2.06 bits per heavy atom. The average Bonchev–Trinajstić information content (AvgIpc) is 2.65. The fraction of sp³-hybridized carbons (Fsp3) is 0.500. The highest BCUT2D eigenvalue weighted by molar-refractivity contribution is 7.89. The van der Waals surface area contributed by atoms with Crippen LogP contribution in [-0.2, 0) is 10.0 Å². The molecule has 1 aromatic rings. The van der Waals surface area contributed by atoms with Crippen LogP contribution in [0.4, 0.5) is 5.69 Å². The van der Waals surface area contributed by atoms with Crippen molar-refractivity contribution in [1.82, 2.24) is 0 Å². The number of hydrogen-bond acceptors (Lipinski definition) is 4. The summed E-state index contributed by atoms with van der Waals surface area (Å²) in [5, 5.41) is 8.53.